The van der Waals surface area contributed by atoms with Crippen molar-refractivity contribution in [2.75, 3.05) is 0 Å². The Morgan fingerprint density at radius 1 is 0.875 bits per heavy atom. The van der Waals surface area contributed by atoms with Crippen molar-refractivity contribution in [2.45, 2.75) is 32.7 Å². The van der Waals surface area contributed by atoms with Gasteiger partial charge in [-0.15, -0.1) is 21.8 Å². The summed E-state index contributed by atoms with van der Waals surface area (Å²) in [5.74, 6) is 0. The van der Waals surface area contributed by atoms with Crippen LogP contribution in [0.4, 0.5) is 0 Å². The van der Waals surface area contributed by atoms with Crippen LogP contribution >= 0.6 is 21.8 Å². The van der Waals surface area contributed by atoms with E-state index in [1.54, 1.807) is 0 Å². The summed E-state index contributed by atoms with van der Waals surface area (Å²) < 4.78 is 0. The molecule has 0 rings (SSSR count). The zero-order valence-corrected chi connectivity index (χ0v) is 10.5. The second-order valence-electron chi connectivity index (χ2n) is 3.72. The van der Waals surface area contributed by atoms with E-state index in [0.29, 0.717) is 0 Å². The van der Waals surface area contributed by atoms with Crippen molar-refractivity contribution in [1.82, 2.24) is 0 Å². The fraction of sp³-hybridized carbons (Fsp3) is 1.00. The van der Waals surface area contributed by atoms with Gasteiger partial charge in [0.05, 0.1) is 7.59 Å². The molecule has 0 unspecified atom stereocenters. The summed E-state index contributed by atoms with van der Waals surface area (Å²) in [4.78, 5) is 0. The predicted molar refractivity (Wildman–Crippen MR) is 54.8 cm³/mol. The zero-order chi connectivity index (χ0) is 7.00. The van der Waals surface area contributed by atoms with E-state index in [1.807, 2.05) is 0 Å². The molecule has 0 aliphatic heterocycles. The van der Waals surface area contributed by atoms with Crippen LogP contribution in [-0.4, -0.2) is 12.7 Å². The van der Waals surface area contributed by atoms with Crippen LogP contribution in [0.25, 0.3) is 0 Å². The normalized spacial score (nSPS) is 14.2. The second kappa shape index (κ2) is 2.42. The molecule has 0 saturated carbocycles. The van der Waals surface area contributed by atoms with Gasteiger partial charge in [-0.2, -0.15) is 0 Å². The van der Waals surface area contributed by atoms with Gasteiger partial charge >= 0.3 is 0 Å². The van der Waals surface area contributed by atoms with Crippen molar-refractivity contribution in [1.29, 1.82) is 0 Å². The van der Waals surface area contributed by atoms with E-state index < -0.39 is 12.7 Å². The molecular formula is C5H15ISi2. The van der Waals surface area contributed by atoms with Crippen molar-refractivity contribution in [3.63, 3.8) is 0 Å². The van der Waals surface area contributed by atoms with E-state index in [2.05, 4.69) is 54.5 Å². The van der Waals surface area contributed by atoms with Crippen LogP contribution in [0.15, 0.2) is 0 Å². The molecule has 0 spiro atoms. The molecule has 0 aromatic rings. The van der Waals surface area contributed by atoms with E-state index in [-0.39, 0.29) is 0 Å². The Balaban J connectivity index is 4.02. The lowest BCUT2D eigenvalue weighted by molar-refractivity contribution is 1.80. The molecule has 0 amide bonds. The maximum absolute atomic E-state index is 2.68. The fourth-order valence-electron chi connectivity index (χ4n) is 0. The predicted octanol–water partition coefficient (Wildman–Crippen LogP) is 3.04. The van der Waals surface area contributed by atoms with E-state index >= 15 is 0 Å². The molecule has 0 fully saturated rings. The van der Waals surface area contributed by atoms with Crippen LogP contribution in [0.3, 0.4) is 0 Å². The minimum absolute atomic E-state index is 0.733. The third kappa shape index (κ3) is 2.63. The van der Waals surface area contributed by atoms with Crippen LogP contribution in [-0.2, 0) is 0 Å². The Hall–Kier alpha value is 1.16. The van der Waals surface area contributed by atoms with Crippen molar-refractivity contribution in [3.8, 4) is 0 Å². The van der Waals surface area contributed by atoms with Crippen LogP contribution in [0.5, 0.6) is 0 Å². The maximum atomic E-state index is 2.68. The SMILES string of the molecule is C[Si](C)(C)[Si](C)(C)I. The van der Waals surface area contributed by atoms with Crippen LogP contribution < -0.4 is 0 Å². The molecule has 0 atom stereocenters. The lowest BCUT2D eigenvalue weighted by Gasteiger charge is -2.28. The van der Waals surface area contributed by atoms with Gasteiger partial charge in [-0.3, -0.25) is 0 Å². The summed E-state index contributed by atoms with van der Waals surface area (Å²) in [6.07, 6.45) is 0. The molecule has 0 aromatic heterocycles. The molecule has 0 aromatic carbocycles. The molecule has 0 N–H and O–H groups in total. The molecule has 0 nitrogen and oxygen atoms in total. The highest BCUT2D eigenvalue weighted by molar-refractivity contribution is 14.1. The minimum Gasteiger partial charge on any atom is -0.123 e. The molecule has 50 valence electrons. The average molecular weight is 258 g/mol. The van der Waals surface area contributed by atoms with Gasteiger partial charge in [0.1, 0.15) is 5.09 Å². The van der Waals surface area contributed by atoms with E-state index in [9.17, 15) is 0 Å². The summed E-state index contributed by atoms with van der Waals surface area (Å²) in [6, 6.07) is 0. The van der Waals surface area contributed by atoms with Gasteiger partial charge in [0.15, 0.2) is 0 Å². The number of hydrogen-bond acceptors (Lipinski definition) is 0. The highest BCUT2D eigenvalue weighted by Gasteiger charge is 2.33. The van der Waals surface area contributed by atoms with Crippen molar-refractivity contribution < 1.29 is 0 Å². The number of halogens is 1. The summed E-state index contributed by atoms with van der Waals surface area (Å²) in [5.41, 5.74) is 0. The molecule has 0 aliphatic carbocycles. The standard InChI is InChI=1S/C5H15ISi2/c1-7(2,3)8(4,5)6/h1-5H3. The first-order valence-electron chi connectivity index (χ1n) is 2.94. The Kier molecular flexibility index (Phi) is 2.77. The highest BCUT2D eigenvalue weighted by Crippen LogP contribution is 2.24. The quantitative estimate of drug-likeness (QED) is 0.385. The van der Waals surface area contributed by atoms with Crippen molar-refractivity contribution in [2.24, 2.45) is 0 Å². The van der Waals surface area contributed by atoms with Gasteiger partial charge in [0.25, 0.3) is 0 Å². The van der Waals surface area contributed by atoms with E-state index in [1.165, 1.54) is 0 Å². The third-order valence-corrected chi connectivity index (χ3v) is 30.6. The summed E-state index contributed by atoms with van der Waals surface area (Å²) in [5, 5.41) is -0.750. The van der Waals surface area contributed by atoms with Gasteiger partial charge in [-0.25, -0.2) is 0 Å². The Morgan fingerprint density at radius 3 is 1.00 bits per heavy atom. The lowest BCUT2D eigenvalue weighted by Crippen LogP contribution is -2.46. The Labute approximate surface area is 67.1 Å². The number of hydrogen-bond donors (Lipinski definition) is 0. The van der Waals surface area contributed by atoms with E-state index in [0.717, 1.165) is 0 Å². The monoisotopic (exact) mass is 258 g/mol. The molecule has 3 heteroatoms. The smallest absolute Gasteiger partial charge is 0.111 e. The highest BCUT2D eigenvalue weighted by atomic mass is 127. The minimum atomic E-state index is -0.750. The number of rotatable bonds is 1. The molecule has 0 aliphatic rings. The van der Waals surface area contributed by atoms with Gasteiger partial charge < -0.3 is 0 Å². The second-order valence-corrected chi connectivity index (χ2v) is 30.6. The van der Waals surface area contributed by atoms with Crippen molar-refractivity contribution >= 4 is 34.5 Å². The first-order chi connectivity index (χ1) is 3.25. The van der Waals surface area contributed by atoms with Crippen LogP contribution in [0.1, 0.15) is 0 Å². The molecule has 0 radical (unpaired) electrons. The summed E-state index contributed by atoms with van der Waals surface area (Å²) in [6.45, 7) is 12.3. The lowest BCUT2D eigenvalue weighted by atomic mass is 11.8. The van der Waals surface area contributed by atoms with Gasteiger partial charge in [0, 0.05) is 0 Å². The molecular weight excluding hydrogens is 243 g/mol. The summed E-state index contributed by atoms with van der Waals surface area (Å²) in [7, 11) is -0.733. The molecule has 0 saturated heterocycles. The summed E-state index contributed by atoms with van der Waals surface area (Å²) >= 11 is 2.68. The molecule has 0 heterocycles. The van der Waals surface area contributed by atoms with Crippen LogP contribution in [0.2, 0.25) is 32.7 Å². The topological polar surface area (TPSA) is 0 Å². The first-order valence-corrected chi connectivity index (χ1v) is 13.6. The van der Waals surface area contributed by atoms with E-state index in [4.69, 9.17) is 0 Å². The molecule has 8 heavy (non-hydrogen) atoms. The van der Waals surface area contributed by atoms with Crippen LogP contribution in [0, 0.1) is 0 Å². The Morgan fingerprint density at radius 2 is 1.00 bits per heavy atom. The maximum Gasteiger partial charge on any atom is 0.111 e. The molecule has 0 bridgehead atoms. The average Bonchev–Trinajstić information content (AvgIpc) is 1.25. The largest absolute Gasteiger partial charge is 0.123 e. The fourth-order valence-corrected chi connectivity index (χ4v) is 0. The van der Waals surface area contributed by atoms with Gasteiger partial charge in [0.2, 0.25) is 0 Å². The van der Waals surface area contributed by atoms with Gasteiger partial charge in [-0.05, 0) is 0 Å². The zero-order valence-electron chi connectivity index (χ0n) is 6.38. The van der Waals surface area contributed by atoms with Crippen molar-refractivity contribution in [3.05, 3.63) is 0 Å². The Bertz CT molecular complexity index is 65.4. The third-order valence-electron chi connectivity index (χ3n) is 1.78. The first kappa shape index (κ1) is 9.16. The van der Waals surface area contributed by atoms with Gasteiger partial charge in [-0.1, -0.05) is 32.7 Å².